The van der Waals surface area contributed by atoms with E-state index < -0.39 is 0 Å². The maximum absolute atomic E-state index is 3.64. The quantitative estimate of drug-likeness (QED) is 0.725. The topological polar surface area (TPSA) is 19.0 Å². The average Bonchev–Trinajstić information content (AvgIpc) is 2.84. The standard InChI is InChI=1S/C20H24N2.ClH/c1-15-9-10-19-17(13-15)18(14-16-7-5-4-6-8-16)20(21-19)11-12-22(2)3;/h4-10,13,21H,11-12,14H2,1-3H3;1H. The van der Waals surface area contributed by atoms with Crippen molar-refractivity contribution in [2.75, 3.05) is 20.6 Å². The fraction of sp³-hybridized carbons (Fsp3) is 0.300. The van der Waals surface area contributed by atoms with Crippen LogP contribution in [0.5, 0.6) is 0 Å². The molecule has 1 aromatic heterocycles. The van der Waals surface area contributed by atoms with Gasteiger partial charge in [-0.05, 0) is 50.7 Å². The molecule has 122 valence electrons. The number of likely N-dealkylation sites (N-methyl/N-ethyl adjacent to an activating group) is 1. The van der Waals surface area contributed by atoms with Crippen LogP contribution >= 0.6 is 12.4 Å². The number of aryl methyl sites for hydroxylation is 1. The van der Waals surface area contributed by atoms with E-state index in [9.17, 15) is 0 Å². The predicted molar refractivity (Wildman–Crippen MR) is 102 cm³/mol. The summed E-state index contributed by atoms with van der Waals surface area (Å²) in [5, 5.41) is 1.37. The van der Waals surface area contributed by atoms with Crippen LogP contribution in [0.3, 0.4) is 0 Å². The third kappa shape index (κ3) is 4.15. The Hall–Kier alpha value is -1.77. The van der Waals surface area contributed by atoms with Gasteiger partial charge in [0.1, 0.15) is 0 Å². The summed E-state index contributed by atoms with van der Waals surface area (Å²) in [6.45, 7) is 3.23. The lowest BCUT2D eigenvalue weighted by molar-refractivity contribution is 0.412. The zero-order valence-electron chi connectivity index (χ0n) is 14.1. The molecule has 0 aliphatic rings. The van der Waals surface area contributed by atoms with Crippen LogP contribution < -0.4 is 0 Å². The zero-order chi connectivity index (χ0) is 15.5. The number of halogens is 1. The molecule has 0 aliphatic carbocycles. The molecular weight excluding hydrogens is 304 g/mol. The van der Waals surface area contributed by atoms with Crippen LogP contribution in [-0.2, 0) is 12.8 Å². The van der Waals surface area contributed by atoms with Crippen molar-refractivity contribution in [3.05, 3.63) is 70.9 Å². The third-order valence-corrected chi connectivity index (χ3v) is 4.18. The van der Waals surface area contributed by atoms with Crippen molar-refractivity contribution in [3.8, 4) is 0 Å². The number of benzene rings is 2. The normalized spacial score (nSPS) is 11.0. The molecule has 3 aromatic rings. The molecular formula is C20H25ClN2. The maximum atomic E-state index is 3.64. The largest absolute Gasteiger partial charge is 0.358 e. The van der Waals surface area contributed by atoms with Crippen molar-refractivity contribution in [2.45, 2.75) is 19.8 Å². The van der Waals surface area contributed by atoms with Crippen molar-refractivity contribution in [3.63, 3.8) is 0 Å². The summed E-state index contributed by atoms with van der Waals surface area (Å²) in [5.41, 5.74) is 6.77. The number of aromatic nitrogens is 1. The highest BCUT2D eigenvalue weighted by Gasteiger charge is 2.12. The number of nitrogens with one attached hydrogen (secondary N) is 1. The molecule has 3 heteroatoms. The highest BCUT2D eigenvalue weighted by atomic mass is 35.5. The summed E-state index contributed by atoms with van der Waals surface area (Å²) in [5.74, 6) is 0. The van der Waals surface area contributed by atoms with Gasteiger partial charge in [0, 0.05) is 29.6 Å². The van der Waals surface area contributed by atoms with Gasteiger partial charge in [-0.1, -0.05) is 42.0 Å². The van der Waals surface area contributed by atoms with Crippen molar-refractivity contribution in [1.82, 2.24) is 9.88 Å². The van der Waals surface area contributed by atoms with Crippen LogP contribution in [0.25, 0.3) is 10.9 Å². The number of fused-ring (bicyclic) bond motifs is 1. The highest BCUT2D eigenvalue weighted by molar-refractivity contribution is 5.86. The van der Waals surface area contributed by atoms with Crippen LogP contribution in [0.1, 0.15) is 22.4 Å². The fourth-order valence-electron chi connectivity index (χ4n) is 2.97. The van der Waals surface area contributed by atoms with E-state index >= 15 is 0 Å². The monoisotopic (exact) mass is 328 g/mol. The van der Waals surface area contributed by atoms with E-state index in [1.54, 1.807) is 0 Å². The van der Waals surface area contributed by atoms with Crippen LogP contribution in [-0.4, -0.2) is 30.5 Å². The molecule has 0 atom stereocenters. The Labute approximate surface area is 144 Å². The Morgan fingerprint density at radius 1 is 1.00 bits per heavy atom. The minimum Gasteiger partial charge on any atom is -0.358 e. The number of H-pyrrole nitrogens is 1. The van der Waals surface area contributed by atoms with Gasteiger partial charge >= 0.3 is 0 Å². The molecule has 1 N–H and O–H groups in total. The lowest BCUT2D eigenvalue weighted by Crippen LogP contribution is -2.15. The van der Waals surface area contributed by atoms with Crippen LogP contribution in [0.2, 0.25) is 0 Å². The SMILES string of the molecule is Cc1ccc2[nH]c(CCN(C)C)c(Cc3ccccc3)c2c1.Cl. The molecule has 0 amide bonds. The molecule has 0 aliphatic heterocycles. The minimum atomic E-state index is 0. The Bertz CT molecular complexity index is 760. The summed E-state index contributed by atoms with van der Waals surface area (Å²) < 4.78 is 0. The first kappa shape index (κ1) is 17.6. The molecule has 1 heterocycles. The van der Waals surface area contributed by atoms with Gasteiger partial charge in [-0.3, -0.25) is 0 Å². The molecule has 3 rings (SSSR count). The first-order valence-electron chi connectivity index (χ1n) is 7.92. The van der Waals surface area contributed by atoms with Crippen molar-refractivity contribution >= 4 is 23.3 Å². The van der Waals surface area contributed by atoms with Gasteiger partial charge in [0.05, 0.1) is 0 Å². The Balaban J connectivity index is 0.00000192. The van der Waals surface area contributed by atoms with Gasteiger partial charge < -0.3 is 9.88 Å². The van der Waals surface area contributed by atoms with Gasteiger partial charge in [0.2, 0.25) is 0 Å². The highest BCUT2D eigenvalue weighted by Crippen LogP contribution is 2.26. The number of aromatic amines is 1. The van der Waals surface area contributed by atoms with E-state index in [-0.39, 0.29) is 12.4 Å². The van der Waals surface area contributed by atoms with E-state index in [4.69, 9.17) is 0 Å². The first-order chi connectivity index (χ1) is 10.6. The lowest BCUT2D eigenvalue weighted by Gasteiger charge is -2.10. The van der Waals surface area contributed by atoms with Crippen LogP contribution in [0, 0.1) is 6.92 Å². The summed E-state index contributed by atoms with van der Waals surface area (Å²) in [6.07, 6.45) is 2.05. The minimum absolute atomic E-state index is 0. The molecule has 0 fully saturated rings. The second-order valence-electron chi connectivity index (χ2n) is 6.35. The second kappa shape index (κ2) is 7.67. The fourth-order valence-corrected chi connectivity index (χ4v) is 2.97. The summed E-state index contributed by atoms with van der Waals surface area (Å²) in [6, 6.07) is 17.4. The number of rotatable bonds is 5. The zero-order valence-corrected chi connectivity index (χ0v) is 14.9. The summed E-state index contributed by atoms with van der Waals surface area (Å²) in [7, 11) is 4.26. The Kier molecular flexibility index (Phi) is 5.86. The molecule has 2 aromatic carbocycles. The molecule has 0 bridgehead atoms. The summed E-state index contributed by atoms with van der Waals surface area (Å²) in [4.78, 5) is 5.88. The Morgan fingerprint density at radius 3 is 2.43 bits per heavy atom. The van der Waals surface area contributed by atoms with E-state index in [2.05, 4.69) is 79.4 Å². The van der Waals surface area contributed by atoms with Crippen molar-refractivity contribution < 1.29 is 0 Å². The number of hydrogen-bond acceptors (Lipinski definition) is 1. The Morgan fingerprint density at radius 2 is 1.74 bits per heavy atom. The van der Waals surface area contributed by atoms with Crippen molar-refractivity contribution in [2.24, 2.45) is 0 Å². The maximum Gasteiger partial charge on any atom is 0.0459 e. The van der Waals surface area contributed by atoms with Gasteiger partial charge in [-0.15, -0.1) is 12.4 Å². The predicted octanol–water partition coefficient (Wildman–Crippen LogP) is 4.59. The molecule has 0 radical (unpaired) electrons. The molecule has 23 heavy (non-hydrogen) atoms. The van der Waals surface area contributed by atoms with Gasteiger partial charge in [-0.2, -0.15) is 0 Å². The van der Waals surface area contributed by atoms with Crippen LogP contribution in [0.15, 0.2) is 48.5 Å². The van der Waals surface area contributed by atoms with E-state index in [0.29, 0.717) is 0 Å². The third-order valence-electron chi connectivity index (χ3n) is 4.18. The smallest absolute Gasteiger partial charge is 0.0459 e. The van der Waals surface area contributed by atoms with E-state index in [1.165, 1.54) is 33.3 Å². The molecule has 0 spiro atoms. The molecule has 0 unspecified atom stereocenters. The van der Waals surface area contributed by atoms with Gasteiger partial charge in [-0.25, -0.2) is 0 Å². The van der Waals surface area contributed by atoms with Crippen LogP contribution in [0.4, 0.5) is 0 Å². The molecule has 0 saturated heterocycles. The van der Waals surface area contributed by atoms with E-state index in [0.717, 1.165) is 19.4 Å². The summed E-state index contributed by atoms with van der Waals surface area (Å²) >= 11 is 0. The number of hydrogen-bond donors (Lipinski definition) is 1. The first-order valence-corrected chi connectivity index (χ1v) is 7.92. The van der Waals surface area contributed by atoms with E-state index in [1.807, 2.05) is 0 Å². The lowest BCUT2D eigenvalue weighted by atomic mass is 9.99. The van der Waals surface area contributed by atoms with Gasteiger partial charge in [0.25, 0.3) is 0 Å². The van der Waals surface area contributed by atoms with Gasteiger partial charge in [0.15, 0.2) is 0 Å². The average molecular weight is 329 g/mol. The number of nitrogens with zero attached hydrogens (tertiary/aromatic N) is 1. The molecule has 0 saturated carbocycles. The van der Waals surface area contributed by atoms with Crippen molar-refractivity contribution in [1.29, 1.82) is 0 Å². The second-order valence-corrected chi connectivity index (χ2v) is 6.35. The molecule has 2 nitrogen and oxygen atoms in total.